The Labute approximate surface area is 74.4 Å². The van der Waals surface area contributed by atoms with E-state index in [-0.39, 0.29) is 0 Å². The molecule has 1 aliphatic heterocycles. The molecule has 1 heterocycles. The Morgan fingerprint density at radius 3 is 2.45 bits per heavy atom. The standard InChI is InChI=1S/C9H17NS/c11-8-3-6-9(7-10-8)4-1-2-5-9/h8,10-11H,1-7H2. The summed E-state index contributed by atoms with van der Waals surface area (Å²) in [7, 11) is 0. The molecule has 1 atom stereocenters. The molecule has 1 unspecified atom stereocenters. The topological polar surface area (TPSA) is 12.0 Å². The van der Waals surface area contributed by atoms with Gasteiger partial charge in [0.25, 0.3) is 0 Å². The van der Waals surface area contributed by atoms with Crippen LogP contribution in [0.5, 0.6) is 0 Å². The summed E-state index contributed by atoms with van der Waals surface area (Å²) in [6, 6.07) is 0. The highest BCUT2D eigenvalue weighted by Crippen LogP contribution is 2.43. The van der Waals surface area contributed by atoms with Crippen LogP contribution in [0.2, 0.25) is 0 Å². The molecule has 1 saturated heterocycles. The molecule has 1 spiro atoms. The SMILES string of the molecule is SC1CCC2(CCCC2)CN1. The first kappa shape index (κ1) is 7.93. The summed E-state index contributed by atoms with van der Waals surface area (Å²) < 4.78 is 0. The lowest BCUT2D eigenvalue weighted by Gasteiger charge is -2.36. The van der Waals surface area contributed by atoms with Gasteiger partial charge >= 0.3 is 0 Å². The smallest absolute Gasteiger partial charge is 0.0502 e. The molecular formula is C9H17NS. The third-order valence-corrected chi connectivity index (χ3v) is 3.77. The molecule has 2 fully saturated rings. The van der Waals surface area contributed by atoms with Crippen LogP contribution in [0.1, 0.15) is 38.5 Å². The van der Waals surface area contributed by atoms with Crippen molar-refractivity contribution in [3.05, 3.63) is 0 Å². The van der Waals surface area contributed by atoms with Gasteiger partial charge in [0.2, 0.25) is 0 Å². The van der Waals surface area contributed by atoms with Crippen LogP contribution in [0.4, 0.5) is 0 Å². The molecule has 1 N–H and O–H groups in total. The van der Waals surface area contributed by atoms with Crippen molar-refractivity contribution in [3.63, 3.8) is 0 Å². The molecule has 1 aliphatic carbocycles. The normalized spacial score (nSPS) is 36.3. The Hall–Kier alpha value is 0.310. The highest BCUT2D eigenvalue weighted by molar-refractivity contribution is 7.80. The van der Waals surface area contributed by atoms with Gasteiger partial charge in [-0.1, -0.05) is 12.8 Å². The van der Waals surface area contributed by atoms with Crippen molar-refractivity contribution >= 4 is 12.6 Å². The summed E-state index contributed by atoms with van der Waals surface area (Å²) in [5.74, 6) is 0. The van der Waals surface area contributed by atoms with Crippen molar-refractivity contribution in [3.8, 4) is 0 Å². The minimum atomic E-state index is 0.473. The van der Waals surface area contributed by atoms with Gasteiger partial charge in [0.15, 0.2) is 0 Å². The van der Waals surface area contributed by atoms with Crippen molar-refractivity contribution in [1.29, 1.82) is 0 Å². The van der Waals surface area contributed by atoms with Gasteiger partial charge < -0.3 is 5.32 Å². The first-order chi connectivity index (χ1) is 5.31. The molecule has 0 radical (unpaired) electrons. The molecule has 64 valence electrons. The predicted molar refractivity (Wildman–Crippen MR) is 50.9 cm³/mol. The average Bonchev–Trinajstić information content (AvgIpc) is 2.45. The fourth-order valence-electron chi connectivity index (χ4n) is 2.52. The molecule has 0 bridgehead atoms. The maximum atomic E-state index is 4.43. The van der Waals surface area contributed by atoms with Gasteiger partial charge in [-0.2, -0.15) is 12.6 Å². The van der Waals surface area contributed by atoms with E-state index in [9.17, 15) is 0 Å². The molecule has 11 heavy (non-hydrogen) atoms. The molecule has 2 aliphatic rings. The highest BCUT2D eigenvalue weighted by atomic mass is 32.1. The van der Waals surface area contributed by atoms with Crippen LogP contribution >= 0.6 is 12.6 Å². The maximum Gasteiger partial charge on any atom is 0.0502 e. The number of thiol groups is 1. The Morgan fingerprint density at radius 2 is 1.91 bits per heavy atom. The van der Waals surface area contributed by atoms with Crippen LogP contribution in [-0.4, -0.2) is 11.9 Å². The summed E-state index contributed by atoms with van der Waals surface area (Å²) in [4.78, 5) is 0. The van der Waals surface area contributed by atoms with E-state index >= 15 is 0 Å². The lowest BCUT2D eigenvalue weighted by Crippen LogP contribution is -2.42. The van der Waals surface area contributed by atoms with Gasteiger partial charge in [0.1, 0.15) is 0 Å². The Balaban J connectivity index is 1.94. The van der Waals surface area contributed by atoms with Crippen molar-refractivity contribution in [2.24, 2.45) is 5.41 Å². The van der Waals surface area contributed by atoms with E-state index in [0.29, 0.717) is 10.8 Å². The van der Waals surface area contributed by atoms with E-state index in [0.717, 1.165) is 0 Å². The van der Waals surface area contributed by atoms with Crippen LogP contribution in [0.15, 0.2) is 0 Å². The van der Waals surface area contributed by atoms with Crippen molar-refractivity contribution in [2.75, 3.05) is 6.54 Å². The van der Waals surface area contributed by atoms with Gasteiger partial charge in [-0.05, 0) is 31.1 Å². The van der Waals surface area contributed by atoms with Crippen molar-refractivity contribution in [1.82, 2.24) is 5.32 Å². The van der Waals surface area contributed by atoms with Crippen LogP contribution in [0, 0.1) is 5.41 Å². The second kappa shape index (κ2) is 2.98. The first-order valence-corrected chi connectivity index (χ1v) is 5.24. The number of piperidine rings is 1. The van der Waals surface area contributed by atoms with E-state index < -0.39 is 0 Å². The number of rotatable bonds is 0. The molecule has 1 nitrogen and oxygen atoms in total. The molecule has 0 aromatic heterocycles. The zero-order chi connectivity index (χ0) is 7.73. The van der Waals surface area contributed by atoms with E-state index in [1.54, 1.807) is 0 Å². The number of nitrogens with one attached hydrogen (secondary N) is 1. The summed E-state index contributed by atoms with van der Waals surface area (Å²) in [5, 5.41) is 3.95. The molecule has 0 aromatic rings. The first-order valence-electron chi connectivity index (χ1n) is 4.72. The number of hydrogen-bond acceptors (Lipinski definition) is 2. The Morgan fingerprint density at radius 1 is 1.18 bits per heavy atom. The van der Waals surface area contributed by atoms with Crippen LogP contribution in [0.25, 0.3) is 0 Å². The van der Waals surface area contributed by atoms with Crippen molar-refractivity contribution in [2.45, 2.75) is 43.9 Å². The van der Waals surface area contributed by atoms with Crippen LogP contribution < -0.4 is 5.32 Å². The lowest BCUT2D eigenvalue weighted by atomic mass is 9.79. The highest BCUT2D eigenvalue weighted by Gasteiger charge is 2.36. The molecule has 0 aromatic carbocycles. The molecular weight excluding hydrogens is 154 g/mol. The minimum absolute atomic E-state index is 0.473. The van der Waals surface area contributed by atoms with Gasteiger partial charge in [-0.15, -0.1) is 0 Å². The summed E-state index contributed by atoms with van der Waals surface area (Å²) in [6.45, 7) is 1.22. The summed E-state index contributed by atoms with van der Waals surface area (Å²) >= 11 is 4.43. The largest absolute Gasteiger partial charge is 0.305 e. The third-order valence-electron chi connectivity index (χ3n) is 3.33. The molecule has 1 saturated carbocycles. The molecule has 0 amide bonds. The van der Waals surface area contributed by atoms with Crippen LogP contribution in [-0.2, 0) is 0 Å². The zero-order valence-electron chi connectivity index (χ0n) is 6.97. The second-order valence-corrected chi connectivity index (χ2v) is 4.77. The fourth-order valence-corrected chi connectivity index (χ4v) is 2.74. The zero-order valence-corrected chi connectivity index (χ0v) is 7.87. The van der Waals surface area contributed by atoms with E-state index in [1.807, 2.05) is 0 Å². The van der Waals surface area contributed by atoms with E-state index in [2.05, 4.69) is 17.9 Å². The number of hydrogen-bond donors (Lipinski definition) is 2. The van der Waals surface area contributed by atoms with Gasteiger partial charge in [-0.25, -0.2) is 0 Å². The average molecular weight is 171 g/mol. The van der Waals surface area contributed by atoms with Crippen LogP contribution in [0.3, 0.4) is 0 Å². The van der Waals surface area contributed by atoms with Gasteiger partial charge in [0.05, 0.1) is 5.37 Å². The summed E-state index contributed by atoms with van der Waals surface area (Å²) in [6.07, 6.45) is 8.51. The monoisotopic (exact) mass is 171 g/mol. The third kappa shape index (κ3) is 1.57. The maximum absolute atomic E-state index is 4.43. The van der Waals surface area contributed by atoms with Gasteiger partial charge in [0, 0.05) is 6.54 Å². The Kier molecular flexibility index (Phi) is 2.15. The Bertz CT molecular complexity index is 130. The van der Waals surface area contributed by atoms with Gasteiger partial charge in [-0.3, -0.25) is 0 Å². The molecule has 2 rings (SSSR count). The molecule has 2 heteroatoms. The lowest BCUT2D eigenvalue weighted by molar-refractivity contribution is 0.209. The second-order valence-electron chi connectivity index (χ2n) is 4.14. The fraction of sp³-hybridized carbons (Fsp3) is 1.00. The van der Waals surface area contributed by atoms with Crippen molar-refractivity contribution < 1.29 is 0 Å². The predicted octanol–water partition coefficient (Wildman–Crippen LogP) is 2.19. The van der Waals surface area contributed by atoms with E-state index in [1.165, 1.54) is 45.1 Å². The van der Waals surface area contributed by atoms with E-state index in [4.69, 9.17) is 0 Å². The quantitative estimate of drug-likeness (QED) is 0.532. The summed E-state index contributed by atoms with van der Waals surface area (Å²) in [5.41, 5.74) is 0.694. The minimum Gasteiger partial charge on any atom is -0.305 e.